The molecule has 0 spiro atoms. The highest BCUT2D eigenvalue weighted by molar-refractivity contribution is 5.94. The molecule has 0 radical (unpaired) electrons. The van der Waals surface area contributed by atoms with Gasteiger partial charge in [-0.1, -0.05) is 18.2 Å². The van der Waals surface area contributed by atoms with E-state index in [0.717, 1.165) is 6.07 Å². The molecular weight excluding hydrogens is 361 g/mol. The number of nitrogens with zero attached hydrogens (tertiary/aromatic N) is 2. The lowest BCUT2D eigenvalue weighted by atomic mass is 10.1. The molecule has 1 saturated carbocycles. The molecule has 1 aliphatic carbocycles. The molecule has 1 aromatic heterocycles. The van der Waals surface area contributed by atoms with Gasteiger partial charge in [-0.05, 0) is 43.5 Å². The lowest BCUT2D eigenvalue weighted by Crippen LogP contribution is -2.34. The quantitative estimate of drug-likeness (QED) is 0.856. The summed E-state index contributed by atoms with van der Waals surface area (Å²) in [6, 6.07) is 7.61. The molecule has 1 heterocycles. The summed E-state index contributed by atoms with van der Waals surface area (Å²) in [4.78, 5) is 29.4. The number of carbonyl (C=O) groups is 2. The number of aryl methyl sites for hydroxylation is 1. The SMILES string of the molecule is Cc1nc(C(=O)N(Cc2ccccc2C(F)(F)F)C2CC2)ccc1C(=O)O. The van der Waals surface area contributed by atoms with E-state index in [-0.39, 0.29) is 35.1 Å². The number of aromatic carboxylic acids is 1. The third-order valence-corrected chi connectivity index (χ3v) is 4.45. The van der Waals surface area contributed by atoms with Crippen molar-refractivity contribution in [3.05, 3.63) is 64.5 Å². The van der Waals surface area contributed by atoms with Gasteiger partial charge in [0.15, 0.2) is 0 Å². The van der Waals surface area contributed by atoms with Gasteiger partial charge in [0.1, 0.15) is 5.69 Å². The van der Waals surface area contributed by atoms with Crippen LogP contribution in [-0.2, 0) is 12.7 Å². The van der Waals surface area contributed by atoms with Gasteiger partial charge in [0, 0.05) is 12.6 Å². The van der Waals surface area contributed by atoms with E-state index in [1.54, 1.807) is 0 Å². The highest BCUT2D eigenvalue weighted by Crippen LogP contribution is 2.35. The Morgan fingerprint density at radius 2 is 1.85 bits per heavy atom. The number of carbonyl (C=O) groups excluding carboxylic acids is 1. The van der Waals surface area contributed by atoms with Gasteiger partial charge in [0.25, 0.3) is 5.91 Å². The lowest BCUT2D eigenvalue weighted by molar-refractivity contribution is -0.138. The molecule has 5 nitrogen and oxygen atoms in total. The first-order chi connectivity index (χ1) is 12.7. The van der Waals surface area contributed by atoms with Gasteiger partial charge in [-0.3, -0.25) is 4.79 Å². The smallest absolute Gasteiger partial charge is 0.416 e. The zero-order chi connectivity index (χ0) is 19.8. The van der Waals surface area contributed by atoms with Crippen LogP contribution < -0.4 is 0 Å². The Hall–Kier alpha value is -2.90. The van der Waals surface area contributed by atoms with E-state index in [2.05, 4.69) is 4.98 Å². The van der Waals surface area contributed by atoms with E-state index < -0.39 is 23.6 Å². The number of halogens is 3. The monoisotopic (exact) mass is 378 g/mol. The average molecular weight is 378 g/mol. The van der Waals surface area contributed by atoms with Crippen LogP contribution in [-0.4, -0.2) is 32.9 Å². The first-order valence-corrected chi connectivity index (χ1v) is 8.35. The fourth-order valence-corrected chi connectivity index (χ4v) is 2.92. The Bertz CT molecular complexity index is 892. The number of hydrogen-bond acceptors (Lipinski definition) is 3. The Balaban J connectivity index is 1.91. The predicted molar refractivity (Wildman–Crippen MR) is 90.3 cm³/mol. The molecule has 27 heavy (non-hydrogen) atoms. The predicted octanol–water partition coefficient (Wildman–Crippen LogP) is 3.91. The normalized spacial score (nSPS) is 14.1. The van der Waals surface area contributed by atoms with Gasteiger partial charge in [0.05, 0.1) is 16.8 Å². The largest absolute Gasteiger partial charge is 0.478 e. The number of carboxylic acid groups (broad SMARTS) is 1. The van der Waals surface area contributed by atoms with Crippen molar-refractivity contribution in [2.75, 3.05) is 0 Å². The van der Waals surface area contributed by atoms with Crippen molar-refractivity contribution in [2.45, 2.75) is 38.5 Å². The molecule has 1 aromatic carbocycles. The molecule has 2 aromatic rings. The van der Waals surface area contributed by atoms with Gasteiger partial charge in [-0.2, -0.15) is 13.2 Å². The number of aromatic nitrogens is 1. The number of pyridine rings is 1. The average Bonchev–Trinajstić information content (AvgIpc) is 3.43. The van der Waals surface area contributed by atoms with E-state index in [9.17, 15) is 22.8 Å². The maximum absolute atomic E-state index is 13.2. The molecule has 1 fully saturated rings. The van der Waals surface area contributed by atoms with Gasteiger partial charge in [-0.15, -0.1) is 0 Å². The summed E-state index contributed by atoms with van der Waals surface area (Å²) < 4.78 is 39.7. The summed E-state index contributed by atoms with van der Waals surface area (Å²) in [7, 11) is 0. The Kier molecular flexibility index (Phi) is 4.91. The second-order valence-electron chi connectivity index (χ2n) is 6.45. The van der Waals surface area contributed by atoms with Crippen molar-refractivity contribution >= 4 is 11.9 Å². The molecule has 1 aliphatic rings. The van der Waals surface area contributed by atoms with E-state index >= 15 is 0 Å². The van der Waals surface area contributed by atoms with Crippen LogP contribution in [0.2, 0.25) is 0 Å². The zero-order valence-corrected chi connectivity index (χ0v) is 14.5. The van der Waals surface area contributed by atoms with Gasteiger partial charge < -0.3 is 10.0 Å². The van der Waals surface area contributed by atoms with E-state index in [4.69, 9.17) is 5.11 Å². The third kappa shape index (κ3) is 4.10. The fraction of sp³-hybridized carbons (Fsp3) is 0.316. The number of rotatable bonds is 5. The summed E-state index contributed by atoms with van der Waals surface area (Å²) in [5, 5.41) is 9.06. The van der Waals surface area contributed by atoms with Gasteiger partial charge in [0.2, 0.25) is 0 Å². The fourth-order valence-electron chi connectivity index (χ4n) is 2.92. The van der Waals surface area contributed by atoms with Crippen LogP contribution in [0.25, 0.3) is 0 Å². The zero-order valence-electron chi connectivity index (χ0n) is 14.5. The van der Waals surface area contributed by atoms with Crippen molar-refractivity contribution in [1.29, 1.82) is 0 Å². The molecule has 0 saturated heterocycles. The molecule has 3 rings (SSSR count). The van der Waals surface area contributed by atoms with E-state index in [1.165, 1.54) is 42.2 Å². The van der Waals surface area contributed by atoms with Gasteiger partial charge in [-0.25, -0.2) is 9.78 Å². The first kappa shape index (κ1) is 18.9. The van der Waals surface area contributed by atoms with Crippen molar-refractivity contribution in [3.8, 4) is 0 Å². The van der Waals surface area contributed by atoms with Crippen LogP contribution in [0, 0.1) is 6.92 Å². The third-order valence-electron chi connectivity index (χ3n) is 4.45. The Morgan fingerprint density at radius 3 is 2.41 bits per heavy atom. The Labute approximate surface area is 153 Å². The standard InChI is InChI=1S/C19H17F3N2O3/c1-11-14(18(26)27)8-9-16(23-11)17(25)24(13-6-7-13)10-12-4-2-3-5-15(12)19(20,21)22/h2-5,8-9,13H,6-7,10H2,1H3,(H,26,27). The first-order valence-electron chi connectivity index (χ1n) is 8.35. The number of amides is 1. The molecular formula is C19H17F3N2O3. The molecule has 0 unspecified atom stereocenters. The summed E-state index contributed by atoms with van der Waals surface area (Å²) in [6.45, 7) is 1.29. The van der Waals surface area contributed by atoms with E-state index in [1.807, 2.05) is 0 Å². The highest BCUT2D eigenvalue weighted by atomic mass is 19.4. The summed E-state index contributed by atoms with van der Waals surface area (Å²) >= 11 is 0. The van der Waals surface area contributed by atoms with Crippen LogP contribution in [0.5, 0.6) is 0 Å². The second kappa shape index (κ2) is 7.02. The van der Waals surface area contributed by atoms with Crippen LogP contribution >= 0.6 is 0 Å². The Morgan fingerprint density at radius 1 is 1.19 bits per heavy atom. The minimum absolute atomic E-state index is 0.0177. The van der Waals surface area contributed by atoms with Crippen molar-refractivity contribution in [3.63, 3.8) is 0 Å². The minimum Gasteiger partial charge on any atom is -0.478 e. The molecule has 1 N–H and O–H groups in total. The number of carboxylic acids is 1. The summed E-state index contributed by atoms with van der Waals surface area (Å²) in [5.41, 5.74) is -0.571. The van der Waals surface area contributed by atoms with Crippen LogP contribution in [0.15, 0.2) is 36.4 Å². The van der Waals surface area contributed by atoms with Crippen molar-refractivity contribution < 1.29 is 27.9 Å². The molecule has 0 bridgehead atoms. The minimum atomic E-state index is -4.51. The number of hydrogen-bond donors (Lipinski definition) is 1. The molecule has 0 atom stereocenters. The maximum Gasteiger partial charge on any atom is 0.416 e. The molecule has 1 amide bonds. The van der Waals surface area contributed by atoms with Crippen molar-refractivity contribution in [2.24, 2.45) is 0 Å². The topological polar surface area (TPSA) is 70.5 Å². The molecule has 142 valence electrons. The molecule has 0 aliphatic heterocycles. The van der Waals surface area contributed by atoms with Crippen molar-refractivity contribution in [1.82, 2.24) is 9.88 Å². The van der Waals surface area contributed by atoms with Crippen LogP contribution in [0.3, 0.4) is 0 Å². The summed E-state index contributed by atoms with van der Waals surface area (Å²) in [6.07, 6.45) is -3.08. The van der Waals surface area contributed by atoms with Gasteiger partial charge >= 0.3 is 12.1 Å². The summed E-state index contributed by atoms with van der Waals surface area (Å²) in [5.74, 6) is -1.66. The van der Waals surface area contributed by atoms with Crippen LogP contribution in [0.4, 0.5) is 13.2 Å². The van der Waals surface area contributed by atoms with E-state index in [0.29, 0.717) is 12.8 Å². The lowest BCUT2D eigenvalue weighted by Gasteiger charge is -2.24. The molecule has 8 heteroatoms. The number of benzene rings is 1. The maximum atomic E-state index is 13.2. The van der Waals surface area contributed by atoms with Crippen LogP contribution in [0.1, 0.15) is 50.5 Å². The second-order valence-corrected chi connectivity index (χ2v) is 6.45. The highest BCUT2D eigenvalue weighted by Gasteiger charge is 2.37. The number of alkyl halides is 3.